The molecule has 128 valence electrons. The molecule has 6 heteroatoms. The van der Waals surface area contributed by atoms with Crippen molar-refractivity contribution in [1.82, 2.24) is 5.32 Å². The Bertz CT molecular complexity index is 736. The van der Waals surface area contributed by atoms with Crippen LogP contribution in [0.25, 0.3) is 0 Å². The molecule has 0 amide bonds. The number of guanidine groups is 1. The number of halogens is 2. The van der Waals surface area contributed by atoms with E-state index in [4.69, 9.17) is 10.5 Å². The van der Waals surface area contributed by atoms with Crippen LogP contribution in [0.5, 0.6) is 5.75 Å². The molecule has 3 rings (SSSR count). The molecule has 1 heterocycles. The monoisotopic (exact) mass is 441 g/mol. The number of nitrogens with one attached hydrogen (secondary N) is 1. The fourth-order valence-corrected chi connectivity index (χ4v) is 2.70. The van der Waals surface area contributed by atoms with E-state index in [1.807, 2.05) is 24.3 Å². The number of nitrogens with zero attached hydrogens (tertiary/aromatic N) is 1. The van der Waals surface area contributed by atoms with Gasteiger partial charge in [0, 0.05) is 12.0 Å². The average Bonchev–Trinajstić information content (AvgIpc) is 2.56. The fourth-order valence-electron chi connectivity index (χ4n) is 2.70. The average molecular weight is 441 g/mol. The van der Waals surface area contributed by atoms with Crippen LogP contribution in [0.4, 0.5) is 4.39 Å². The second-order valence-corrected chi connectivity index (χ2v) is 5.66. The van der Waals surface area contributed by atoms with E-state index >= 15 is 0 Å². The molecule has 0 fully saturated rings. The van der Waals surface area contributed by atoms with E-state index in [0.29, 0.717) is 24.7 Å². The zero-order valence-corrected chi connectivity index (χ0v) is 15.8. The Labute approximate surface area is 158 Å². The molecule has 0 saturated heterocycles. The molecule has 0 spiro atoms. The van der Waals surface area contributed by atoms with E-state index in [1.54, 1.807) is 19.1 Å². The summed E-state index contributed by atoms with van der Waals surface area (Å²) in [5, 5.41) is 3.24. The van der Waals surface area contributed by atoms with Gasteiger partial charge in [0.15, 0.2) is 5.96 Å². The number of aliphatic imine (C=N–C) groups is 1. The zero-order valence-electron chi connectivity index (χ0n) is 13.5. The molecule has 1 atom stereocenters. The first-order chi connectivity index (χ1) is 11.1. The molecule has 1 aliphatic heterocycles. The standard InChI is InChI=1S/C18H20FN3O.HI/c1-12-10-13(6-7-15(12)19)11-21-18(20)22-16-8-9-23-17-5-3-2-4-14(16)17;/h2-7,10,16H,8-9,11H2,1H3,(H3,20,21,22);1H. The quantitative estimate of drug-likeness (QED) is 0.434. The van der Waals surface area contributed by atoms with Crippen molar-refractivity contribution in [3.63, 3.8) is 0 Å². The summed E-state index contributed by atoms with van der Waals surface area (Å²) in [6.45, 7) is 2.81. The van der Waals surface area contributed by atoms with Crippen LogP contribution in [-0.2, 0) is 6.54 Å². The van der Waals surface area contributed by atoms with Gasteiger partial charge in [0.05, 0.1) is 19.2 Å². The Morgan fingerprint density at radius 3 is 2.92 bits per heavy atom. The van der Waals surface area contributed by atoms with Gasteiger partial charge in [-0.1, -0.05) is 30.3 Å². The molecule has 1 unspecified atom stereocenters. The predicted molar refractivity (Wildman–Crippen MR) is 104 cm³/mol. The number of aryl methyl sites for hydroxylation is 1. The van der Waals surface area contributed by atoms with E-state index in [1.165, 1.54) is 6.07 Å². The summed E-state index contributed by atoms with van der Waals surface area (Å²) in [6.07, 6.45) is 0.836. The van der Waals surface area contributed by atoms with Gasteiger partial charge in [0.25, 0.3) is 0 Å². The number of para-hydroxylation sites is 1. The van der Waals surface area contributed by atoms with Crippen LogP contribution in [0.1, 0.15) is 29.2 Å². The first-order valence-electron chi connectivity index (χ1n) is 7.66. The van der Waals surface area contributed by atoms with Gasteiger partial charge in [-0.3, -0.25) is 0 Å². The Morgan fingerprint density at radius 1 is 1.33 bits per heavy atom. The molecule has 0 aromatic heterocycles. The van der Waals surface area contributed by atoms with Crippen molar-refractivity contribution in [2.75, 3.05) is 6.61 Å². The first-order valence-corrected chi connectivity index (χ1v) is 7.66. The van der Waals surface area contributed by atoms with Crippen molar-refractivity contribution in [3.8, 4) is 5.75 Å². The third kappa shape index (κ3) is 4.37. The minimum absolute atomic E-state index is 0. The van der Waals surface area contributed by atoms with Crippen molar-refractivity contribution in [3.05, 3.63) is 65.0 Å². The highest BCUT2D eigenvalue weighted by molar-refractivity contribution is 14.0. The van der Waals surface area contributed by atoms with E-state index in [0.717, 1.165) is 23.3 Å². The van der Waals surface area contributed by atoms with Gasteiger partial charge < -0.3 is 15.8 Å². The van der Waals surface area contributed by atoms with Gasteiger partial charge in [-0.15, -0.1) is 24.0 Å². The van der Waals surface area contributed by atoms with Crippen molar-refractivity contribution < 1.29 is 9.13 Å². The Balaban J connectivity index is 0.00000208. The number of hydrogen-bond donors (Lipinski definition) is 2. The number of rotatable bonds is 3. The van der Waals surface area contributed by atoms with Gasteiger partial charge in [0.2, 0.25) is 0 Å². The lowest BCUT2D eigenvalue weighted by molar-refractivity contribution is 0.262. The van der Waals surface area contributed by atoms with Crippen LogP contribution >= 0.6 is 24.0 Å². The summed E-state index contributed by atoms with van der Waals surface area (Å²) in [5.74, 6) is 1.06. The van der Waals surface area contributed by atoms with Gasteiger partial charge in [0.1, 0.15) is 11.6 Å². The molecule has 4 nitrogen and oxygen atoms in total. The highest BCUT2D eigenvalue weighted by Crippen LogP contribution is 2.31. The molecular formula is C18H21FIN3O. The van der Waals surface area contributed by atoms with Crippen molar-refractivity contribution in [2.24, 2.45) is 10.7 Å². The third-order valence-corrected chi connectivity index (χ3v) is 3.93. The highest BCUT2D eigenvalue weighted by Gasteiger charge is 2.21. The van der Waals surface area contributed by atoms with E-state index in [9.17, 15) is 4.39 Å². The van der Waals surface area contributed by atoms with Crippen LogP contribution in [0, 0.1) is 12.7 Å². The molecule has 24 heavy (non-hydrogen) atoms. The first kappa shape index (κ1) is 18.5. The van der Waals surface area contributed by atoms with E-state index in [2.05, 4.69) is 10.3 Å². The van der Waals surface area contributed by atoms with Crippen molar-refractivity contribution in [2.45, 2.75) is 25.9 Å². The maximum atomic E-state index is 13.3. The number of ether oxygens (including phenoxy) is 1. The maximum absolute atomic E-state index is 13.3. The molecule has 2 aromatic rings. The van der Waals surface area contributed by atoms with Gasteiger partial charge in [-0.25, -0.2) is 9.38 Å². The number of hydrogen-bond acceptors (Lipinski definition) is 2. The summed E-state index contributed by atoms with van der Waals surface area (Å²) in [5.41, 5.74) is 8.64. The number of fused-ring (bicyclic) bond motifs is 1. The zero-order chi connectivity index (χ0) is 16.2. The van der Waals surface area contributed by atoms with Crippen LogP contribution in [0.2, 0.25) is 0 Å². The lowest BCUT2D eigenvalue weighted by Gasteiger charge is -2.26. The molecule has 1 aliphatic rings. The topological polar surface area (TPSA) is 59.6 Å². The van der Waals surface area contributed by atoms with Crippen LogP contribution in [-0.4, -0.2) is 12.6 Å². The van der Waals surface area contributed by atoms with Crippen molar-refractivity contribution >= 4 is 29.9 Å². The molecule has 0 bridgehead atoms. The summed E-state index contributed by atoms with van der Waals surface area (Å²) >= 11 is 0. The normalized spacial score (nSPS) is 16.6. The summed E-state index contributed by atoms with van der Waals surface area (Å²) < 4.78 is 18.9. The third-order valence-electron chi connectivity index (χ3n) is 3.93. The predicted octanol–water partition coefficient (Wildman–Crippen LogP) is 3.68. The Morgan fingerprint density at radius 2 is 2.12 bits per heavy atom. The van der Waals surface area contributed by atoms with Gasteiger partial charge in [-0.2, -0.15) is 0 Å². The summed E-state index contributed by atoms with van der Waals surface area (Å²) in [7, 11) is 0. The van der Waals surface area contributed by atoms with Gasteiger partial charge in [-0.05, 0) is 30.2 Å². The summed E-state index contributed by atoms with van der Waals surface area (Å²) in [4.78, 5) is 4.35. The van der Waals surface area contributed by atoms with E-state index < -0.39 is 0 Å². The van der Waals surface area contributed by atoms with Crippen LogP contribution in [0.3, 0.4) is 0 Å². The molecule has 0 radical (unpaired) electrons. The van der Waals surface area contributed by atoms with Crippen molar-refractivity contribution in [1.29, 1.82) is 0 Å². The largest absolute Gasteiger partial charge is 0.493 e. The van der Waals surface area contributed by atoms with Crippen LogP contribution < -0.4 is 15.8 Å². The van der Waals surface area contributed by atoms with E-state index in [-0.39, 0.29) is 35.8 Å². The Kier molecular flexibility index (Phi) is 6.42. The van der Waals surface area contributed by atoms with Crippen LogP contribution in [0.15, 0.2) is 47.5 Å². The van der Waals surface area contributed by atoms with Gasteiger partial charge >= 0.3 is 0 Å². The molecule has 0 aliphatic carbocycles. The second-order valence-electron chi connectivity index (χ2n) is 5.66. The lowest BCUT2D eigenvalue weighted by atomic mass is 10.0. The number of benzene rings is 2. The minimum atomic E-state index is -0.206. The molecular weight excluding hydrogens is 420 g/mol. The minimum Gasteiger partial charge on any atom is -0.493 e. The summed E-state index contributed by atoms with van der Waals surface area (Å²) in [6, 6.07) is 13.0. The number of nitrogens with two attached hydrogens (primary N) is 1. The molecule has 0 saturated carbocycles. The molecule has 3 N–H and O–H groups in total. The smallest absolute Gasteiger partial charge is 0.189 e. The maximum Gasteiger partial charge on any atom is 0.189 e. The highest BCUT2D eigenvalue weighted by atomic mass is 127. The lowest BCUT2D eigenvalue weighted by Crippen LogP contribution is -2.37. The SMILES string of the molecule is Cc1cc(CN=C(N)NC2CCOc3ccccc32)ccc1F.I. The Hall–Kier alpha value is -1.83. The second kappa shape index (κ2) is 8.32. The molecule has 2 aromatic carbocycles. The fraction of sp³-hybridized carbons (Fsp3) is 0.278.